The van der Waals surface area contributed by atoms with Crippen molar-refractivity contribution in [1.82, 2.24) is 24.0 Å². The van der Waals surface area contributed by atoms with Gasteiger partial charge in [0.05, 0.1) is 18.1 Å². The molecular formula is C28H28F3N5O3. The number of alkyl halides is 3. The van der Waals surface area contributed by atoms with Crippen molar-refractivity contribution in [2.45, 2.75) is 50.4 Å². The van der Waals surface area contributed by atoms with Gasteiger partial charge in [-0.15, -0.1) is 0 Å². The van der Waals surface area contributed by atoms with Crippen LogP contribution in [0.25, 0.3) is 16.9 Å². The minimum atomic E-state index is -4.56. The average Bonchev–Trinajstić information content (AvgIpc) is 3.26. The number of hydrogen-bond donors (Lipinski definition) is 1. The molecule has 0 radical (unpaired) electrons. The first-order valence-corrected chi connectivity index (χ1v) is 12.7. The third-order valence-electron chi connectivity index (χ3n) is 7.31. The average molecular weight is 540 g/mol. The normalized spacial score (nSPS) is 16.4. The zero-order valence-electron chi connectivity index (χ0n) is 21.3. The highest BCUT2D eigenvalue weighted by atomic mass is 19.4. The fourth-order valence-corrected chi connectivity index (χ4v) is 5.15. The number of rotatable bonds is 6. The van der Waals surface area contributed by atoms with Crippen molar-refractivity contribution in [3.63, 3.8) is 0 Å². The van der Waals surface area contributed by atoms with E-state index in [1.165, 1.54) is 40.1 Å². The molecule has 0 unspecified atom stereocenters. The van der Waals surface area contributed by atoms with Crippen LogP contribution in [0.5, 0.6) is 0 Å². The van der Waals surface area contributed by atoms with Crippen LogP contribution in [0.4, 0.5) is 13.2 Å². The zero-order valence-corrected chi connectivity index (χ0v) is 21.3. The van der Waals surface area contributed by atoms with Crippen molar-refractivity contribution in [2.24, 2.45) is 0 Å². The molecule has 0 bridgehead atoms. The number of carbonyl (C=O) groups is 1. The van der Waals surface area contributed by atoms with Crippen molar-refractivity contribution >= 4 is 17.1 Å². The molecule has 2 aromatic heterocycles. The van der Waals surface area contributed by atoms with E-state index in [2.05, 4.69) is 9.97 Å². The molecule has 0 aliphatic carbocycles. The summed E-state index contributed by atoms with van der Waals surface area (Å²) >= 11 is 0. The number of fused-ring (bicyclic) bond motifs is 1. The number of aliphatic hydroxyl groups is 1. The predicted molar refractivity (Wildman–Crippen MR) is 138 cm³/mol. The molecule has 0 spiro atoms. The number of benzene rings is 2. The highest BCUT2D eigenvalue weighted by Gasteiger charge is 2.43. The van der Waals surface area contributed by atoms with Gasteiger partial charge in [-0.1, -0.05) is 48.5 Å². The number of halogens is 3. The molecule has 11 heteroatoms. The first-order chi connectivity index (χ1) is 18.6. The monoisotopic (exact) mass is 539 g/mol. The van der Waals surface area contributed by atoms with Crippen LogP contribution in [0.2, 0.25) is 0 Å². The van der Waals surface area contributed by atoms with Gasteiger partial charge in [-0.2, -0.15) is 13.2 Å². The number of carbonyl (C=O) groups excluding carboxylic acids is 1. The lowest BCUT2D eigenvalue weighted by atomic mass is 9.90. The first-order valence-electron chi connectivity index (χ1n) is 12.7. The Morgan fingerprint density at radius 1 is 1.05 bits per heavy atom. The second-order valence-electron chi connectivity index (χ2n) is 9.99. The van der Waals surface area contributed by atoms with Crippen molar-refractivity contribution in [1.29, 1.82) is 0 Å². The summed E-state index contributed by atoms with van der Waals surface area (Å²) in [6, 6.07) is 16.8. The van der Waals surface area contributed by atoms with Crippen molar-refractivity contribution < 1.29 is 23.1 Å². The second kappa shape index (κ2) is 10.3. The number of amides is 1. The van der Waals surface area contributed by atoms with Gasteiger partial charge in [0.2, 0.25) is 5.91 Å². The van der Waals surface area contributed by atoms with Gasteiger partial charge in [-0.05, 0) is 37.5 Å². The maximum absolute atomic E-state index is 13.7. The minimum Gasteiger partial charge on any atom is -0.388 e. The van der Waals surface area contributed by atoms with Crippen LogP contribution < -0.4 is 5.56 Å². The molecule has 39 heavy (non-hydrogen) atoms. The Hall–Kier alpha value is -3.99. The van der Waals surface area contributed by atoms with E-state index in [4.69, 9.17) is 0 Å². The van der Waals surface area contributed by atoms with Gasteiger partial charge < -0.3 is 10.0 Å². The lowest BCUT2D eigenvalue weighted by Crippen LogP contribution is -2.50. The lowest BCUT2D eigenvalue weighted by molar-refractivity contribution is -0.162. The third-order valence-corrected chi connectivity index (χ3v) is 7.31. The van der Waals surface area contributed by atoms with E-state index in [9.17, 15) is 27.9 Å². The van der Waals surface area contributed by atoms with E-state index in [0.717, 1.165) is 5.69 Å². The van der Waals surface area contributed by atoms with Crippen molar-refractivity contribution in [3.8, 4) is 5.69 Å². The third kappa shape index (κ3) is 5.44. The van der Waals surface area contributed by atoms with Crippen LogP contribution in [-0.2, 0) is 11.3 Å². The molecule has 1 saturated heterocycles. The molecule has 1 N–H and O–H groups in total. The molecule has 1 fully saturated rings. The van der Waals surface area contributed by atoms with Gasteiger partial charge in [0.15, 0.2) is 11.2 Å². The molecule has 4 aromatic rings. The lowest BCUT2D eigenvalue weighted by Gasteiger charge is -2.39. The summed E-state index contributed by atoms with van der Waals surface area (Å²) < 4.78 is 44.2. The smallest absolute Gasteiger partial charge is 0.388 e. The van der Waals surface area contributed by atoms with E-state index in [-0.39, 0.29) is 43.6 Å². The zero-order chi connectivity index (χ0) is 27.8. The highest BCUT2D eigenvalue weighted by Crippen LogP contribution is 2.38. The van der Waals surface area contributed by atoms with Crippen LogP contribution in [0.3, 0.4) is 0 Å². The number of nitrogens with zero attached hydrogens (tertiary/aromatic N) is 5. The number of likely N-dealkylation sites (tertiary alicyclic amines) is 1. The fraction of sp³-hybridized carbons (Fsp3) is 0.357. The van der Waals surface area contributed by atoms with Gasteiger partial charge in [0, 0.05) is 25.2 Å². The van der Waals surface area contributed by atoms with Gasteiger partial charge in [-0.25, -0.2) is 9.97 Å². The Morgan fingerprint density at radius 2 is 1.67 bits per heavy atom. The number of piperidine rings is 1. The maximum Gasteiger partial charge on any atom is 0.396 e. The number of para-hydroxylation sites is 1. The number of aromatic nitrogens is 4. The van der Waals surface area contributed by atoms with Crippen LogP contribution >= 0.6 is 0 Å². The Bertz CT molecular complexity index is 1530. The standard InChI is InChI=1S/C28H28F3N5O3/c1-19-33-24-25(36(19)21-10-6-3-7-11-21)32-18-35(26(24)38)17-27(39)12-14-34(15-13-27)23(37)16-22(28(29,30)31)20-8-4-2-5-9-20/h2-11,18,22,39H,12-17H2,1H3/t22-/m1/s1. The molecule has 2 aromatic carbocycles. The number of hydrogen-bond acceptors (Lipinski definition) is 5. The molecule has 8 nitrogen and oxygen atoms in total. The summed E-state index contributed by atoms with van der Waals surface area (Å²) in [6.07, 6.45) is -3.67. The Labute approximate surface area is 222 Å². The maximum atomic E-state index is 13.7. The highest BCUT2D eigenvalue weighted by molar-refractivity contribution is 5.77. The van der Waals surface area contributed by atoms with Crippen LogP contribution in [0.1, 0.15) is 36.6 Å². The van der Waals surface area contributed by atoms with Gasteiger partial charge in [-0.3, -0.25) is 18.7 Å². The summed E-state index contributed by atoms with van der Waals surface area (Å²) in [5.41, 5.74) is -0.285. The van der Waals surface area contributed by atoms with E-state index >= 15 is 0 Å². The molecule has 0 saturated carbocycles. The molecule has 1 amide bonds. The second-order valence-corrected chi connectivity index (χ2v) is 9.99. The fourth-order valence-electron chi connectivity index (χ4n) is 5.15. The van der Waals surface area contributed by atoms with E-state index in [1.54, 1.807) is 17.6 Å². The number of imidazole rings is 1. The summed E-state index contributed by atoms with van der Waals surface area (Å²) in [5, 5.41) is 11.2. The minimum absolute atomic E-state index is 0.0408. The SMILES string of the molecule is Cc1nc2c(=O)n(CC3(O)CCN(C(=O)C[C@H](c4ccccc4)C(F)(F)F)CC3)cnc2n1-c1ccccc1. The van der Waals surface area contributed by atoms with Gasteiger partial charge >= 0.3 is 6.18 Å². The molecule has 1 atom stereocenters. The van der Waals surface area contributed by atoms with E-state index in [0.29, 0.717) is 11.5 Å². The summed E-state index contributed by atoms with van der Waals surface area (Å²) in [6.45, 7) is 1.88. The molecule has 3 heterocycles. The summed E-state index contributed by atoms with van der Waals surface area (Å²) in [5.74, 6) is -1.93. The summed E-state index contributed by atoms with van der Waals surface area (Å²) in [7, 11) is 0. The molecule has 1 aliphatic heterocycles. The molecule has 204 valence electrons. The van der Waals surface area contributed by atoms with E-state index in [1.807, 2.05) is 30.3 Å². The number of aryl methyl sites for hydroxylation is 1. The van der Waals surface area contributed by atoms with Crippen molar-refractivity contribution in [3.05, 3.63) is 88.7 Å². The Morgan fingerprint density at radius 3 is 2.28 bits per heavy atom. The Balaban J connectivity index is 1.28. The van der Waals surface area contributed by atoms with Crippen LogP contribution in [0.15, 0.2) is 71.8 Å². The van der Waals surface area contributed by atoms with Crippen LogP contribution in [-0.4, -0.2) is 59.9 Å². The Kier molecular flexibility index (Phi) is 7.02. The predicted octanol–water partition coefficient (Wildman–Crippen LogP) is 3.98. The topological polar surface area (TPSA) is 93.2 Å². The summed E-state index contributed by atoms with van der Waals surface area (Å²) in [4.78, 5) is 36.3. The molecule has 1 aliphatic rings. The van der Waals surface area contributed by atoms with Crippen LogP contribution in [0, 0.1) is 6.92 Å². The molecule has 5 rings (SSSR count). The van der Waals surface area contributed by atoms with Gasteiger partial charge in [0.1, 0.15) is 12.2 Å². The largest absolute Gasteiger partial charge is 0.396 e. The van der Waals surface area contributed by atoms with Gasteiger partial charge in [0.25, 0.3) is 5.56 Å². The van der Waals surface area contributed by atoms with E-state index < -0.39 is 35.6 Å². The van der Waals surface area contributed by atoms with Crippen molar-refractivity contribution in [2.75, 3.05) is 13.1 Å². The quantitative estimate of drug-likeness (QED) is 0.400. The molecular weight excluding hydrogens is 511 g/mol. The first kappa shape index (κ1) is 26.6.